The van der Waals surface area contributed by atoms with E-state index in [0.717, 1.165) is 55.5 Å². The molecule has 1 fully saturated rings. The van der Waals surface area contributed by atoms with Crippen molar-refractivity contribution in [2.45, 2.75) is 57.9 Å². The summed E-state index contributed by atoms with van der Waals surface area (Å²) in [4.78, 5) is 15.5. The number of fused-ring (bicyclic) bond motifs is 1. The average molecular weight is 487 g/mol. The van der Waals surface area contributed by atoms with E-state index in [4.69, 9.17) is 0 Å². The third kappa shape index (κ3) is 5.96. The minimum atomic E-state index is -2.58. The van der Waals surface area contributed by atoms with E-state index in [9.17, 15) is 17.9 Å². The maximum atomic E-state index is 13.5. The van der Waals surface area contributed by atoms with Crippen LogP contribution >= 0.6 is 0 Å². The van der Waals surface area contributed by atoms with Gasteiger partial charge in [0.15, 0.2) is 0 Å². The van der Waals surface area contributed by atoms with E-state index < -0.39 is 17.3 Å². The van der Waals surface area contributed by atoms with Crippen molar-refractivity contribution in [1.82, 2.24) is 5.32 Å². The molecule has 0 radical (unpaired) electrons. The zero-order chi connectivity index (χ0) is 24.1. The number of amides is 1. The molecule has 1 saturated carbocycles. The van der Waals surface area contributed by atoms with Crippen LogP contribution in [0.1, 0.15) is 49.7 Å². The molecule has 0 aromatic heterocycles. The Balaban J connectivity index is 1.46. The number of benzene rings is 2. The minimum Gasteiger partial charge on any atom is -0.755 e. The van der Waals surface area contributed by atoms with Gasteiger partial charge in [-0.05, 0) is 67.1 Å². The van der Waals surface area contributed by atoms with Crippen molar-refractivity contribution in [2.24, 2.45) is 5.92 Å². The molecule has 2 aromatic carbocycles. The van der Waals surface area contributed by atoms with Gasteiger partial charge in [-0.25, -0.2) is 4.39 Å². The number of hydrogen-bond acceptors (Lipinski definition) is 4. The Labute approximate surface area is 203 Å². The fourth-order valence-electron chi connectivity index (χ4n) is 5.29. The summed E-state index contributed by atoms with van der Waals surface area (Å²) in [6.45, 7) is 3.67. The highest BCUT2D eigenvalue weighted by molar-refractivity contribution is 7.80. The van der Waals surface area contributed by atoms with E-state index in [0.29, 0.717) is 31.1 Å². The van der Waals surface area contributed by atoms with Gasteiger partial charge in [0.1, 0.15) is 11.9 Å². The van der Waals surface area contributed by atoms with E-state index in [-0.39, 0.29) is 11.7 Å². The van der Waals surface area contributed by atoms with E-state index >= 15 is 0 Å². The zero-order valence-corrected chi connectivity index (χ0v) is 20.5. The van der Waals surface area contributed by atoms with Gasteiger partial charge in [-0.3, -0.25) is 13.3 Å². The fraction of sp³-hybridized carbons (Fsp3) is 0.500. The number of nitrogens with zero attached hydrogens (tertiary/aromatic N) is 2. The highest BCUT2D eigenvalue weighted by Crippen LogP contribution is 2.31. The van der Waals surface area contributed by atoms with E-state index in [1.165, 1.54) is 16.8 Å². The molecule has 1 N–H and O–H groups in total. The first-order valence-electron chi connectivity index (χ1n) is 12.2. The van der Waals surface area contributed by atoms with Crippen molar-refractivity contribution in [3.63, 3.8) is 0 Å². The predicted molar refractivity (Wildman–Crippen MR) is 133 cm³/mol. The van der Waals surface area contributed by atoms with Crippen LogP contribution in [0.4, 0.5) is 15.8 Å². The van der Waals surface area contributed by atoms with Crippen LogP contribution in [-0.4, -0.2) is 40.3 Å². The van der Waals surface area contributed by atoms with Crippen molar-refractivity contribution in [3.05, 3.63) is 59.4 Å². The number of nitrogens with one attached hydrogen (secondary N) is 1. The summed E-state index contributed by atoms with van der Waals surface area (Å²) >= 11 is -2.58. The van der Waals surface area contributed by atoms with E-state index in [1.54, 1.807) is 24.3 Å². The largest absolute Gasteiger partial charge is 0.755 e. The molecule has 184 valence electrons. The summed E-state index contributed by atoms with van der Waals surface area (Å²) in [6, 6.07) is 11.3. The van der Waals surface area contributed by atoms with Crippen LogP contribution in [0.3, 0.4) is 0 Å². The summed E-state index contributed by atoms with van der Waals surface area (Å²) in [6.07, 6.45) is 6.79. The van der Waals surface area contributed by atoms with Crippen molar-refractivity contribution in [3.8, 4) is 0 Å². The van der Waals surface area contributed by atoms with Crippen molar-refractivity contribution >= 4 is 28.5 Å². The highest BCUT2D eigenvalue weighted by atomic mass is 32.2. The Bertz CT molecular complexity index is 1030. The maximum Gasteiger partial charge on any atom is 0.243 e. The number of carbonyl (C=O) groups excluding carboxylic acids is 1. The summed E-state index contributed by atoms with van der Waals surface area (Å²) in [5, 5.41) is 2.99. The van der Waals surface area contributed by atoms with Crippen LogP contribution in [0, 0.1) is 18.7 Å². The van der Waals surface area contributed by atoms with Gasteiger partial charge in [0.25, 0.3) is 0 Å². The predicted octanol–water partition coefficient (Wildman–Crippen LogP) is 4.25. The first-order chi connectivity index (χ1) is 16.4. The number of carbonyl (C=O) groups is 1. The summed E-state index contributed by atoms with van der Waals surface area (Å²) < 4.78 is 39.5. The quantitative estimate of drug-likeness (QED) is 0.538. The molecule has 2 atom stereocenters. The first kappa shape index (κ1) is 24.7. The molecule has 8 heteroatoms. The second-order valence-electron chi connectivity index (χ2n) is 9.44. The molecule has 0 spiro atoms. The Hall–Kier alpha value is -2.45. The molecule has 1 aliphatic carbocycles. The third-order valence-corrected chi connectivity index (χ3v) is 7.78. The summed E-state index contributed by atoms with van der Waals surface area (Å²) in [5.74, 6) is -0.170. The van der Waals surface area contributed by atoms with Gasteiger partial charge >= 0.3 is 0 Å². The van der Waals surface area contributed by atoms with Gasteiger partial charge in [-0.1, -0.05) is 44.2 Å². The van der Waals surface area contributed by atoms with Gasteiger partial charge in [0.2, 0.25) is 5.91 Å². The molecule has 4 rings (SSSR count). The minimum absolute atomic E-state index is 0.235. The highest BCUT2D eigenvalue weighted by Gasteiger charge is 2.31. The summed E-state index contributed by atoms with van der Waals surface area (Å²) in [5.41, 5.74) is 3.43. The van der Waals surface area contributed by atoms with Crippen molar-refractivity contribution < 1.29 is 17.9 Å². The van der Waals surface area contributed by atoms with Crippen LogP contribution < -0.4 is 14.5 Å². The van der Waals surface area contributed by atoms with Crippen LogP contribution in [0.2, 0.25) is 0 Å². The van der Waals surface area contributed by atoms with Crippen LogP contribution in [-0.2, 0) is 22.5 Å². The van der Waals surface area contributed by atoms with Crippen molar-refractivity contribution in [2.75, 3.05) is 28.8 Å². The molecule has 2 aromatic rings. The van der Waals surface area contributed by atoms with Crippen LogP contribution in [0.25, 0.3) is 0 Å². The lowest BCUT2D eigenvalue weighted by molar-refractivity contribution is -0.122. The molecular weight excluding hydrogens is 453 g/mol. The smallest absolute Gasteiger partial charge is 0.243 e. The maximum absolute atomic E-state index is 13.5. The van der Waals surface area contributed by atoms with Gasteiger partial charge in [0, 0.05) is 42.3 Å². The topological polar surface area (TPSA) is 75.7 Å². The first-order valence-corrected chi connectivity index (χ1v) is 13.2. The van der Waals surface area contributed by atoms with Gasteiger partial charge in [-0.2, -0.15) is 0 Å². The van der Waals surface area contributed by atoms with E-state index in [1.807, 2.05) is 19.1 Å². The molecule has 0 bridgehead atoms. The monoisotopic (exact) mass is 486 g/mol. The van der Waals surface area contributed by atoms with Gasteiger partial charge in [0.05, 0.1) is 0 Å². The lowest BCUT2D eigenvalue weighted by atomic mass is 9.84. The van der Waals surface area contributed by atoms with Crippen LogP contribution in [0.5, 0.6) is 0 Å². The Kier molecular flexibility index (Phi) is 8.21. The molecule has 2 aliphatic rings. The lowest BCUT2D eigenvalue weighted by Gasteiger charge is -2.36. The molecule has 1 aliphatic heterocycles. The average Bonchev–Trinajstić information content (AvgIpc) is 3.21. The fourth-order valence-corrected chi connectivity index (χ4v) is 5.96. The number of hydrogen-bond donors (Lipinski definition) is 1. The van der Waals surface area contributed by atoms with Gasteiger partial charge in [-0.15, -0.1) is 0 Å². The molecule has 1 heterocycles. The SMILES string of the molecule is Cc1cccc(N(C(CC2CCCCC2)C(=O)NCCN2CCc3cc(F)ccc32)S(=O)[O-])c1. The zero-order valence-electron chi connectivity index (χ0n) is 19.7. The number of aryl methyl sites for hydroxylation is 1. The van der Waals surface area contributed by atoms with Gasteiger partial charge < -0.3 is 14.8 Å². The Morgan fingerprint density at radius 2 is 2.03 bits per heavy atom. The number of anilines is 2. The Morgan fingerprint density at radius 1 is 1.24 bits per heavy atom. The molecule has 34 heavy (non-hydrogen) atoms. The second-order valence-corrected chi connectivity index (χ2v) is 10.3. The normalized spacial score (nSPS) is 17.8. The molecule has 0 saturated heterocycles. The number of halogens is 1. The van der Waals surface area contributed by atoms with Crippen LogP contribution in [0.15, 0.2) is 42.5 Å². The molecule has 2 unspecified atom stereocenters. The van der Waals surface area contributed by atoms with E-state index in [2.05, 4.69) is 10.2 Å². The second kappa shape index (κ2) is 11.3. The standard InChI is InChI=1S/C26H34FN3O3S/c1-19-6-5-9-23(16-19)30(34(32)33)25(17-20-7-3-2-4-8-20)26(31)28-13-15-29-14-12-21-18-22(27)10-11-24(21)29/h5-6,9-11,16,18,20,25H,2-4,7-8,12-15,17H2,1H3,(H,28,31)(H,32,33)/p-1. The lowest BCUT2D eigenvalue weighted by Crippen LogP contribution is -2.50. The third-order valence-electron chi connectivity index (χ3n) is 7.00. The van der Waals surface area contributed by atoms with Crippen molar-refractivity contribution in [1.29, 1.82) is 0 Å². The number of rotatable bonds is 9. The molecular formula is C26H33FN3O3S-. The summed E-state index contributed by atoms with van der Waals surface area (Å²) in [7, 11) is 0. The molecule has 1 amide bonds. The molecule has 6 nitrogen and oxygen atoms in total. The Morgan fingerprint density at radius 3 is 2.76 bits per heavy atom.